The van der Waals surface area contributed by atoms with E-state index in [9.17, 15) is 0 Å². The Balaban J connectivity index is 1.98. The van der Waals surface area contributed by atoms with Crippen LogP contribution in [0.4, 0.5) is 0 Å². The molecule has 0 amide bonds. The molecule has 94 valence electrons. The van der Waals surface area contributed by atoms with E-state index >= 15 is 0 Å². The van der Waals surface area contributed by atoms with Crippen molar-refractivity contribution in [1.29, 1.82) is 0 Å². The molecule has 0 radical (unpaired) electrons. The third-order valence-corrected chi connectivity index (χ3v) is 3.39. The van der Waals surface area contributed by atoms with Crippen LogP contribution in [0, 0.1) is 0 Å². The lowest BCUT2D eigenvalue weighted by molar-refractivity contribution is -0.0805. The predicted octanol–water partition coefficient (Wildman–Crippen LogP) is 1.92. The van der Waals surface area contributed by atoms with Crippen molar-refractivity contribution < 1.29 is 9.84 Å². The van der Waals surface area contributed by atoms with Crippen LogP contribution < -0.4 is 0 Å². The number of hydrogen-bond donors (Lipinski definition) is 1. The van der Waals surface area contributed by atoms with E-state index in [0.29, 0.717) is 12.6 Å². The molecule has 0 bridgehead atoms. The van der Waals surface area contributed by atoms with E-state index in [1.807, 2.05) is 24.3 Å². The summed E-state index contributed by atoms with van der Waals surface area (Å²) in [5, 5.41) is 9.89. The molecule has 1 N–H and O–H groups in total. The number of ether oxygens (including phenoxy) is 1. The number of hydrogen-bond acceptors (Lipinski definition) is 3. The molecule has 2 unspecified atom stereocenters. The highest BCUT2D eigenvalue weighted by molar-refractivity contribution is 6.30. The highest BCUT2D eigenvalue weighted by atomic mass is 35.5. The molecule has 1 aliphatic rings. The van der Waals surface area contributed by atoms with Gasteiger partial charge in [0.05, 0.1) is 19.3 Å². The van der Waals surface area contributed by atoms with Crippen LogP contribution in [0.15, 0.2) is 24.3 Å². The molecule has 0 aliphatic carbocycles. The van der Waals surface area contributed by atoms with E-state index in [2.05, 4.69) is 11.8 Å². The van der Waals surface area contributed by atoms with Gasteiger partial charge in [-0.3, -0.25) is 4.90 Å². The molecule has 1 aliphatic heterocycles. The highest BCUT2D eigenvalue weighted by Crippen LogP contribution is 2.17. The number of rotatable bonds is 3. The zero-order valence-corrected chi connectivity index (χ0v) is 10.7. The number of nitrogens with zero attached hydrogens (tertiary/aromatic N) is 1. The normalized spacial score (nSPS) is 26.1. The Labute approximate surface area is 107 Å². The minimum absolute atomic E-state index is 0.0569. The van der Waals surface area contributed by atoms with Gasteiger partial charge in [0.1, 0.15) is 0 Å². The quantitative estimate of drug-likeness (QED) is 0.896. The van der Waals surface area contributed by atoms with Gasteiger partial charge in [0.15, 0.2) is 0 Å². The van der Waals surface area contributed by atoms with Gasteiger partial charge in [-0.25, -0.2) is 0 Å². The first kappa shape index (κ1) is 12.8. The summed E-state index contributed by atoms with van der Waals surface area (Å²) >= 11 is 5.86. The monoisotopic (exact) mass is 255 g/mol. The van der Waals surface area contributed by atoms with Crippen LogP contribution in [0.2, 0.25) is 5.02 Å². The zero-order chi connectivity index (χ0) is 12.3. The van der Waals surface area contributed by atoms with Crippen LogP contribution in [-0.4, -0.2) is 41.9 Å². The van der Waals surface area contributed by atoms with Crippen molar-refractivity contribution in [3.05, 3.63) is 34.9 Å². The number of morpholine rings is 1. The SMILES string of the molecule is CC1COC(CO)CN1Cc1ccc(Cl)cc1. The van der Waals surface area contributed by atoms with E-state index in [0.717, 1.165) is 18.1 Å². The Kier molecular flexibility index (Phi) is 4.40. The van der Waals surface area contributed by atoms with Crippen molar-refractivity contribution >= 4 is 11.6 Å². The average Bonchev–Trinajstić information content (AvgIpc) is 2.35. The smallest absolute Gasteiger partial charge is 0.0933 e. The summed E-state index contributed by atoms with van der Waals surface area (Å²) < 4.78 is 5.51. The van der Waals surface area contributed by atoms with Gasteiger partial charge in [0, 0.05) is 24.2 Å². The van der Waals surface area contributed by atoms with E-state index in [1.165, 1.54) is 5.56 Å². The molecule has 0 saturated carbocycles. The molecule has 1 aromatic rings. The molecule has 17 heavy (non-hydrogen) atoms. The number of benzene rings is 1. The topological polar surface area (TPSA) is 32.7 Å². The van der Waals surface area contributed by atoms with Gasteiger partial charge in [0.2, 0.25) is 0 Å². The van der Waals surface area contributed by atoms with Crippen LogP contribution >= 0.6 is 11.6 Å². The molecule has 2 rings (SSSR count). The third-order valence-electron chi connectivity index (χ3n) is 3.14. The lowest BCUT2D eigenvalue weighted by Crippen LogP contribution is -2.48. The minimum atomic E-state index is -0.0569. The highest BCUT2D eigenvalue weighted by Gasteiger charge is 2.25. The van der Waals surface area contributed by atoms with E-state index < -0.39 is 0 Å². The molecular weight excluding hydrogens is 238 g/mol. The summed E-state index contributed by atoms with van der Waals surface area (Å²) in [6.07, 6.45) is -0.0569. The maximum atomic E-state index is 9.13. The number of aliphatic hydroxyl groups excluding tert-OH is 1. The van der Waals surface area contributed by atoms with Gasteiger partial charge in [-0.1, -0.05) is 23.7 Å². The number of halogens is 1. The second-order valence-electron chi connectivity index (χ2n) is 4.54. The lowest BCUT2D eigenvalue weighted by atomic mass is 10.1. The summed E-state index contributed by atoms with van der Waals surface area (Å²) in [6, 6.07) is 8.28. The first-order valence-corrected chi connectivity index (χ1v) is 6.28. The van der Waals surface area contributed by atoms with E-state index in [4.69, 9.17) is 21.4 Å². The number of aliphatic hydroxyl groups is 1. The third kappa shape index (κ3) is 3.42. The van der Waals surface area contributed by atoms with Crippen LogP contribution in [0.5, 0.6) is 0 Å². The summed E-state index contributed by atoms with van der Waals surface area (Å²) in [7, 11) is 0. The maximum Gasteiger partial charge on any atom is 0.0933 e. The lowest BCUT2D eigenvalue weighted by Gasteiger charge is -2.37. The summed E-state index contributed by atoms with van der Waals surface area (Å²) in [5.41, 5.74) is 1.24. The molecule has 3 nitrogen and oxygen atoms in total. The van der Waals surface area contributed by atoms with Crippen LogP contribution in [0.1, 0.15) is 12.5 Å². The molecule has 1 aromatic carbocycles. The van der Waals surface area contributed by atoms with Crippen LogP contribution in [-0.2, 0) is 11.3 Å². The Morgan fingerprint density at radius 3 is 2.76 bits per heavy atom. The van der Waals surface area contributed by atoms with Crippen molar-refractivity contribution in [2.45, 2.75) is 25.6 Å². The summed E-state index contributed by atoms with van der Waals surface area (Å²) in [6.45, 7) is 4.56. The first-order chi connectivity index (χ1) is 8.19. The Bertz CT molecular complexity index is 355. The van der Waals surface area contributed by atoms with Gasteiger partial charge in [-0.2, -0.15) is 0 Å². The Morgan fingerprint density at radius 1 is 1.41 bits per heavy atom. The first-order valence-electron chi connectivity index (χ1n) is 5.90. The Hall–Kier alpha value is -0.610. The van der Waals surface area contributed by atoms with Crippen molar-refractivity contribution in [2.75, 3.05) is 19.8 Å². The minimum Gasteiger partial charge on any atom is -0.394 e. The average molecular weight is 256 g/mol. The van der Waals surface area contributed by atoms with Crippen molar-refractivity contribution in [1.82, 2.24) is 4.90 Å². The van der Waals surface area contributed by atoms with Gasteiger partial charge in [-0.05, 0) is 24.6 Å². The fourth-order valence-corrected chi connectivity index (χ4v) is 2.16. The summed E-state index contributed by atoms with van der Waals surface area (Å²) in [4.78, 5) is 2.33. The molecular formula is C13H18ClNO2. The van der Waals surface area contributed by atoms with Gasteiger partial charge < -0.3 is 9.84 Å². The molecule has 1 saturated heterocycles. The van der Waals surface area contributed by atoms with Crippen molar-refractivity contribution in [3.63, 3.8) is 0 Å². The van der Waals surface area contributed by atoms with Crippen LogP contribution in [0.3, 0.4) is 0 Å². The van der Waals surface area contributed by atoms with Crippen molar-refractivity contribution in [3.8, 4) is 0 Å². The van der Waals surface area contributed by atoms with E-state index in [1.54, 1.807) is 0 Å². The largest absolute Gasteiger partial charge is 0.394 e. The van der Waals surface area contributed by atoms with Gasteiger partial charge >= 0.3 is 0 Å². The Morgan fingerprint density at radius 2 is 2.12 bits per heavy atom. The molecule has 2 atom stereocenters. The predicted molar refractivity (Wildman–Crippen MR) is 68.1 cm³/mol. The summed E-state index contributed by atoms with van der Waals surface area (Å²) in [5.74, 6) is 0. The molecule has 1 fully saturated rings. The van der Waals surface area contributed by atoms with E-state index in [-0.39, 0.29) is 12.7 Å². The molecule has 0 aromatic heterocycles. The van der Waals surface area contributed by atoms with Crippen LogP contribution in [0.25, 0.3) is 0 Å². The van der Waals surface area contributed by atoms with Crippen molar-refractivity contribution in [2.24, 2.45) is 0 Å². The molecule has 0 spiro atoms. The molecule has 4 heteroatoms. The standard InChI is InChI=1S/C13H18ClNO2/c1-10-9-17-13(8-16)7-15(10)6-11-2-4-12(14)5-3-11/h2-5,10,13,16H,6-9H2,1H3. The molecule has 1 heterocycles. The second kappa shape index (κ2) is 5.83. The zero-order valence-electron chi connectivity index (χ0n) is 9.97. The maximum absolute atomic E-state index is 9.13. The van der Waals surface area contributed by atoms with Gasteiger partial charge in [0.25, 0.3) is 0 Å². The fourth-order valence-electron chi connectivity index (χ4n) is 2.03. The van der Waals surface area contributed by atoms with Gasteiger partial charge in [-0.15, -0.1) is 0 Å². The second-order valence-corrected chi connectivity index (χ2v) is 4.98. The fraction of sp³-hybridized carbons (Fsp3) is 0.538.